The normalized spacial score (nSPS) is 12.9. The lowest BCUT2D eigenvalue weighted by Crippen LogP contribution is -2.10. The Hall–Kier alpha value is -0.260. The van der Waals surface area contributed by atoms with Crippen molar-refractivity contribution in [3.05, 3.63) is 0 Å². The monoisotopic (exact) mass is 186 g/mol. The van der Waals surface area contributed by atoms with Gasteiger partial charge >= 0.3 is 7.82 Å². The number of Topliss-reactive ketones (excluding diaryl/α,β-unsaturated/α-hetero) is 1. The SMILES string of the molecule is CC(=O)C(C)O.O=P(O)(O)O. The van der Waals surface area contributed by atoms with Crippen LogP contribution in [-0.4, -0.2) is 31.7 Å². The molecule has 0 saturated carbocycles. The summed E-state index contributed by atoms with van der Waals surface area (Å²) in [5.41, 5.74) is 0. The molecule has 1 atom stereocenters. The van der Waals surface area contributed by atoms with Crippen molar-refractivity contribution in [3.63, 3.8) is 0 Å². The minimum Gasteiger partial charge on any atom is -0.386 e. The Bertz CT molecular complexity index is 150. The zero-order valence-corrected chi connectivity index (χ0v) is 7.02. The predicted octanol–water partition coefficient (Wildman–Crippen LogP) is -0.972. The molecule has 0 aliphatic rings. The number of hydrogen-bond donors (Lipinski definition) is 4. The van der Waals surface area contributed by atoms with Crippen molar-refractivity contribution in [3.8, 4) is 0 Å². The van der Waals surface area contributed by atoms with E-state index in [1.54, 1.807) is 0 Å². The molecule has 4 N–H and O–H groups in total. The first kappa shape index (κ1) is 13.3. The van der Waals surface area contributed by atoms with E-state index in [-0.39, 0.29) is 5.78 Å². The number of hydrogen-bond acceptors (Lipinski definition) is 3. The van der Waals surface area contributed by atoms with Crippen LogP contribution in [0.4, 0.5) is 0 Å². The third-order valence-corrected chi connectivity index (χ3v) is 0.588. The van der Waals surface area contributed by atoms with Gasteiger partial charge in [-0.1, -0.05) is 0 Å². The van der Waals surface area contributed by atoms with Gasteiger partial charge in [0.1, 0.15) is 6.10 Å². The van der Waals surface area contributed by atoms with Crippen LogP contribution in [0.5, 0.6) is 0 Å². The molecule has 6 nitrogen and oxygen atoms in total. The Morgan fingerprint density at radius 3 is 1.45 bits per heavy atom. The van der Waals surface area contributed by atoms with Crippen LogP contribution in [-0.2, 0) is 9.36 Å². The summed E-state index contributed by atoms with van der Waals surface area (Å²) in [6.07, 6.45) is -0.787. The Kier molecular flexibility index (Phi) is 6.55. The van der Waals surface area contributed by atoms with E-state index in [2.05, 4.69) is 0 Å². The van der Waals surface area contributed by atoms with Gasteiger partial charge in [0, 0.05) is 0 Å². The fourth-order valence-electron chi connectivity index (χ4n) is 0. The molecule has 0 radical (unpaired) electrons. The van der Waals surface area contributed by atoms with E-state index in [9.17, 15) is 4.79 Å². The first-order valence-corrected chi connectivity index (χ1v) is 4.18. The fourth-order valence-corrected chi connectivity index (χ4v) is 0. The minimum atomic E-state index is -4.64. The van der Waals surface area contributed by atoms with E-state index in [1.807, 2.05) is 0 Å². The molecular weight excluding hydrogens is 175 g/mol. The highest BCUT2D eigenvalue weighted by atomic mass is 31.2. The second kappa shape index (κ2) is 5.40. The van der Waals surface area contributed by atoms with Gasteiger partial charge in [-0.25, -0.2) is 4.57 Å². The van der Waals surface area contributed by atoms with E-state index in [0.29, 0.717) is 0 Å². The number of carbonyl (C=O) groups is 1. The zero-order chi connectivity index (χ0) is 9.65. The Labute approximate surface area is 63.7 Å². The summed E-state index contributed by atoms with van der Waals surface area (Å²) in [6, 6.07) is 0. The quantitative estimate of drug-likeness (QED) is 0.391. The molecule has 0 aliphatic carbocycles. The largest absolute Gasteiger partial charge is 0.466 e. The van der Waals surface area contributed by atoms with Crippen LogP contribution in [0.2, 0.25) is 0 Å². The van der Waals surface area contributed by atoms with Gasteiger partial charge in [-0.2, -0.15) is 0 Å². The fraction of sp³-hybridized carbons (Fsp3) is 0.750. The molecule has 11 heavy (non-hydrogen) atoms. The maximum Gasteiger partial charge on any atom is 0.466 e. The summed E-state index contributed by atoms with van der Waals surface area (Å²) in [7, 11) is -4.64. The number of aliphatic hydroxyl groups is 1. The van der Waals surface area contributed by atoms with Gasteiger partial charge in [0.2, 0.25) is 0 Å². The van der Waals surface area contributed by atoms with Crippen LogP contribution in [0.25, 0.3) is 0 Å². The average Bonchev–Trinajstić information content (AvgIpc) is 1.59. The molecule has 1 unspecified atom stereocenters. The molecule has 7 heteroatoms. The molecule has 0 spiro atoms. The number of phosphoric acid groups is 1. The summed E-state index contributed by atoms with van der Waals surface area (Å²) in [4.78, 5) is 31.5. The highest BCUT2D eigenvalue weighted by molar-refractivity contribution is 7.45. The number of ketones is 1. The van der Waals surface area contributed by atoms with Gasteiger partial charge in [0.05, 0.1) is 0 Å². The lowest BCUT2D eigenvalue weighted by Gasteiger charge is -1.90. The molecule has 0 aromatic rings. The first-order valence-electron chi connectivity index (χ1n) is 2.61. The van der Waals surface area contributed by atoms with Crippen molar-refractivity contribution in [2.24, 2.45) is 0 Å². The van der Waals surface area contributed by atoms with Gasteiger partial charge in [-0.05, 0) is 13.8 Å². The molecule has 0 aromatic carbocycles. The summed E-state index contributed by atoms with van der Waals surface area (Å²) in [5.74, 6) is -0.185. The maximum atomic E-state index is 9.89. The summed E-state index contributed by atoms with van der Waals surface area (Å²) in [5, 5.41) is 8.28. The maximum absolute atomic E-state index is 9.89. The van der Waals surface area contributed by atoms with Crippen molar-refractivity contribution in [1.82, 2.24) is 0 Å². The lowest BCUT2D eigenvalue weighted by atomic mass is 10.3. The average molecular weight is 186 g/mol. The van der Waals surface area contributed by atoms with Crippen molar-refractivity contribution in [1.29, 1.82) is 0 Å². The Morgan fingerprint density at radius 2 is 1.45 bits per heavy atom. The first-order chi connectivity index (χ1) is 4.64. The van der Waals surface area contributed by atoms with Crippen molar-refractivity contribution < 1.29 is 29.1 Å². The number of rotatable bonds is 1. The van der Waals surface area contributed by atoms with E-state index in [0.717, 1.165) is 0 Å². The summed E-state index contributed by atoms with van der Waals surface area (Å²) in [6.45, 7) is 2.80. The number of carbonyl (C=O) groups excluding carboxylic acids is 1. The van der Waals surface area contributed by atoms with Crippen LogP contribution in [0.3, 0.4) is 0 Å². The molecule has 0 rings (SSSR count). The van der Waals surface area contributed by atoms with Crippen molar-refractivity contribution in [2.75, 3.05) is 0 Å². The molecule has 0 saturated heterocycles. The van der Waals surface area contributed by atoms with Gasteiger partial charge in [-0.3, -0.25) is 4.79 Å². The van der Waals surface area contributed by atoms with Gasteiger partial charge in [0.25, 0.3) is 0 Å². The highest BCUT2D eigenvalue weighted by Crippen LogP contribution is 2.25. The lowest BCUT2D eigenvalue weighted by molar-refractivity contribution is -0.124. The van der Waals surface area contributed by atoms with E-state index in [1.165, 1.54) is 13.8 Å². The third-order valence-electron chi connectivity index (χ3n) is 0.588. The van der Waals surface area contributed by atoms with Crippen LogP contribution < -0.4 is 0 Å². The predicted molar refractivity (Wildman–Crippen MR) is 36.6 cm³/mol. The van der Waals surface area contributed by atoms with Gasteiger partial charge in [0.15, 0.2) is 5.78 Å². The van der Waals surface area contributed by atoms with Gasteiger partial charge < -0.3 is 19.8 Å². The molecule has 0 bridgehead atoms. The molecule has 0 amide bonds. The molecule has 0 heterocycles. The van der Waals surface area contributed by atoms with Crippen LogP contribution >= 0.6 is 7.82 Å². The minimum absolute atomic E-state index is 0.185. The second-order valence-electron chi connectivity index (χ2n) is 1.80. The van der Waals surface area contributed by atoms with Gasteiger partial charge in [-0.15, -0.1) is 0 Å². The van der Waals surface area contributed by atoms with Crippen molar-refractivity contribution >= 4 is 13.6 Å². The van der Waals surface area contributed by atoms with Crippen LogP contribution in [0.1, 0.15) is 13.8 Å². The molecule has 0 aromatic heterocycles. The molecular formula is C4H11O6P. The second-order valence-corrected chi connectivity index (χ2v) is 2.83. The zero-order valence-electron chi connectivity index (χ0n) is 6.13. The summed E-state index contributed by atoms with van der Waals surface area (Å²) >= 11 is 0. The molecule has 0 fully saturated rings. The Morgan fingerprint density at radius 1 is 1.36 bits per heavy atom. The van der Waals surface area contributed by atoms with E-state index >= 15 is 0 Å². The van der Waals surface area contributed by atoms with Crippen LogP contribution in [0.15, 0.2) is 0 Å². The standard InChI is InChI=1S/C4H8O2.H3O4P/c1-3(5)4(2)6;1-5(2,3)4/h3,5H,1-2H3;(H3,1,2,3,4). The van der Waals surface area contributed by atoms with E-state index in [4.69, 9.17) is 24.4 Å². The van der Waals surface area contributed by atoms with Crippen LogP contribution in [0, 0.1) is 0 Å². The smallest absolute Gasteiger partial charge is 0.386 e. The summed E-state index contributed by atoms with van der Waals surface area (Å²) < 4.78 is 8.88. The van der Waals surface area contributed by atoms with E-state index < -0.39 is 13.9 Å². The molecule has 0 aliphatic heterocycles. The number of aliphatic hydroxyl groups excluding tert-OH is 1. The van der Waals surface area contributed by atoms with Crippen molar-refractivity contribution in [2.45, 2.75) is 20.0 Å². The molecule has 68 valence electrons. The highest BCUT2D eigenvalue weighted by Gasteiger charge is 2.00. The topological polar surface area (TPSA) is 115 Å². The Balaban J connectivity index is 0. The third kappa shape index (κ3) is 41.7.